The lowest BCUT2D eigenvalue weighted by molar-refractivity contribution is 0.660. The molecule has 60 heavy (non-hydrogen) atoms. The van der Waals surface area contributed by atoms with Crippen LogP contribution in [0.4, 0.5) is 17.1 Å². The predicted molar refractivity (Wildman–Crippen MR) is 248 cm³/mol. The summed E-state index contributed by atoms with van der Waals surface area (Å²) >= 11 is 0. The molecule has 3 aliphatic carbocycles. The Morgan fingerprint density at radius 1 is 0.383 bits per heavy atom. The van der Waals surface area contributed by atoms with E-state index in [0.29, 0.717) is 0 Å². The van der Waals surface area contributed by atoms with Crippen LogP contribution in [0.2, 0.25) is 0 Å². The summed E-state index contributed by atoms with van der Waals surface area (Å²) in [4.78, 5) is 2.52. The zero-order valence-corrected chi connectivity index (χ0v) is 33.4. The standard InChI is InChI=1S/C58H39NO/c1-57(2)48-23-11-6-18-40(48)44-33-32-39(34-52(44)57)59(38-30-28-37(29-31-38)36-16-4-3-5-17-36)55-54-46(35-47-45-22-10-15-27-53(45)60-56(47)55)43-21-9-14-26-51(43)58(54)49-24-12-7-19-41(49)42-20-8-13-25-50(42)58/h3-35H,1-2H3. The SMILES string of the molecule is CC1(C)c2ccccc2-c2ccc(N(c3ccc(-c4ccccc4)cc3)c3c4c(cc5c3oc3ccccc35)-c3ccccc3C43c4ccccc4-c4ccccc43)cc21. The third kappa shape index (κ3) is 4.27. The van der Waals surface area contributed by atoms with E-state index < -0.39 is 5.41 Å². The van der Waals surface area contributed by atoms with Crippen molar-refractivity contribution in [3.8, 4) is 44.5 Å². The van der Waals surface area contributed by atoms with E-state index in [1.165, 1.54) is 77.9 Å². The van der Waals surface area contributed by atoms with Gasteiger partial charge in [-0.2, -0.15) is 0 Å². The van der Waals surface area contributed by atoms with Gasteiger partial charge in [-0.15, -0.1) is 0 Å². The minimum Gasteiger partial charge on any atom is -0.454 e. The quantitative estimate of drug-likeness (QED) is 0.177. The first-order chi connectivity index (χ1) is 29.5. The Morgan fingerprint density at radius 2 is 0.883 bits per heavy atom. The van der Waals surface area contributed by atoms with Crippen LogP contribution in [0.15, 0.2) is 205 Å². The summed E-state index contributed by atoms with van der Waals surface area (Å²) in [6.45, 7) is 4.74. The molecular weight excluding hydrogens is 727 g/mol. The Bertz CT molecular complexity index is 3360. The third-order valence-electron chi connectivity index (χ3n) is 13.9. The molecule has 0 saturated heterocycles. The van der Waals surface area contributed by atoms with Crippen LogP contribution < -0.4 is 4.90 Å². The number of para-hydroxylation sites is 1. The zero-order chi connectivity index (χ0) is 39.7. The van der Waals surface area contributed by atoms with Gasteiger partial charge >= 0.3 is 0 Å². The second-order valence-corrected chi connectivity index (χ2v) is 17.2. The summed E-state index contributed by atoms with van der Waals surface area (Å²) in [7, 11) is 0. The van der Waals surface area contributed by atoms with Crippen molar-refractivity contribution < 1.29 is 4.42 Å². The van der Waals surface area contributed by atoms with Crippen LogP contribution in [0.1, 0.15) is 47.2 Å². The second-order valence-electron chi connectivity index (χ2n) is 17.2. The van der Waals surface area contributed by atoms with Gasteiger partial charge in [-0.3, -0.25) is 0 Å². The average Bonchev–Trinajstić information content (AvgIpc) is 3.99. The Labute approximate surface area is 349 Å². The van der Waals surface area contributed by atoms with E-state index >= 15 is 0 Å². The van der Waals surface area contributed by atoms with Gasteiger partial charge in [-0.05, 0) is 109 Å². The van der Waals surface area contributed by atoms with Gasteiger partial charge in [0, 0.05) is 33.1 Å². The van der Waals surface area contributed by atoms with E-state index in [2.05, 4.69) is 219 Å². The highest BCUT2D eigenvalue weighted by Crippen LogP contribution is 2.67. The Hall–Kier alpha value is -7.42. The fourth-order valence-electron chi connectivity index (χ4n) is 11.3. The van der Waals surface area contributed by atoms with E-state index in [1.807, 2.05) is 0 Å². The molecule has 2 nitrogen and oxygen atoms in total. The molecule has 1 aromatic heterocycles. The minimum absolute atomic E-state index is 0.182. The first kappa shape index (κ1) is 33.5. The lowest BCUT2D eigenvalue weighted by Gasteiger charge is -2.36. The lowest BCUT2D eigenvalue weighted by Crippen LogP contribution is -2.28. The summed E-state index contributed by atoms with van der Waals surface area (Å²) in [6, 6.07) is 74.1. The molecule has 0 unspecified atom stereocenters. The van der Waals surface area contributed by atoms with Crippen molar-refractivity contribution in [2.75, 3.05) is 4.90 Å². The number of fused-ring (bicyclic) bond motifs is 16. The average molecular weight is 766 g/mol. The molecule has 282 valence electrons. The molecule has 0 atom stereocenters. The van der Waals surface area contributed by atoms with Crippen LogP contribution in [0.25, 0.3) is 66.4 Å². The van der Waals surface area contributed by atoms with E-state index in [4.69, 9.17) is 4.42 Å². The molecule has 0 N–H and O–H groups in total. The highest BCUT2D eigenvalue weighted by atomic mass is 16.3. The molecule has 0 radical (unpaired) electrons. The molecule has 1 heterocycles. The molecule has 1 spiro atoms. The summed E-state index contributed by atoms with van der Waals surface area (Å²) in [5.74, 6) is 0. The topological polar surface area (TPSA) is 16.4 Å². The smallest absolute Gasteiger partial charge is 0.159 e. The molecule has 0 aliphatic heterocycles. The van der Waals surface area contributed by atoms with E-state index in [9.17, 15) is 0 Å². The van der Waals surface area contributed by atoms with Crippen molar-refractivity contribution in [3.05, 3.63) is 234 Å². The van der Waals surface area contributed by atoms with Gasteiger partial charge < -0.3 is 9.32 Å². The maximum atomic E-state index is 7.25. The van der Waals surface area contributed by atoms with Crippen LogP contribution >= 0.6 is 0 Å². The van der Waals surface area contributed by atoms with Crippen molar-refractivity contribution in [2.24, 2.45) is 0 Å². The maximum absolute atomic E-state index is 7.25. The van der Waals surface area contributed by atoms with E-state index in [0.717, 1.165) is 39.0 Å². The highest BCUT2D eigenvalue weighted by molar-refractivity contribution is 6.16. The first-order valence-corrected chi connectivity index (χ1v) is 21.0. The molecule has 3 aliphatic rings. The number of benzene rings is 9. The molecule has 9 aromatic carbocycles. The number of nitrogens with zero attached hydrogens (tertiary/aromatic N) is 1. The van der Waals surface area contributed by atoms with Crippen molar-refractivity contribution in [3.63, 3.8) is 0 Å². The zero-order valence-electron chi connectivity index (χ0n) is 33.4. The molecule has 2 heteroatoms. The monoisotopic (exact) mass is 765 g/mol. The summed E-state index contributed by atoms with van der Waals surface area (Å²) < 4.78 is 7.25. The summed E-state index contributed by atoms with van der Waals surface area (Å²) in [5.41, 5.74) is 22.2. The maximum Gasteiger partial charge on any atom is 0.159 e. The second kappa shape index (κ2) is 12.1. The molecule has 0 fully saturated rings. The van der Waals surface area contributed by atoms with Gasteiger partial charge in [0.2, 0.25) is 0 Å². The molecule has 0 amide bonds. The number of furan rings is 1. The van der Waals surface area contributed by atoms with Gasteiger partial charge in [0.05, 0.1) is 11.1 Å². The van der Waals surface area contributed by atoms with Crippen LogP contribution in [-0.4, -0.2) is 0 Å². The molecule has 13 rings (SSSR count). The molecular formula is C58H39NO. The van der Waals surface area contributed by atoms with Crippen LogP contribution in [0.3, 0.4) is 0 Å². The van der Waals surface area contributed by atoms with Gasteiger partial charge in [-0.1, -0.05) is 178 Å². The van der Waals surface area contributed by atoms with E-state index in [-0.39, 0.29) is 5.41 Å². The number of hydrogen-bond donors (Lipinski definition) is 0. The number of rotatable bonds is 4. The Morgan fingerprint density at radius 3 is 1.55 bits per heavy atom. The van der Waals surface area contributed by atoms with Crippen LogP contribution in [0, 0.1) is 0 Å². The van der Waals surface area contributed by atoms with Crippen molar-refractivity contribution >= 4 is 39.0 Å². The first-order valence-electron chi connectivity index (χ1n) is 21.0. The van der Waals surface area contributed by atoms with Gasteiger partial charge in [-0.25, -0.2) is 0 Å². The van der Waals surface area contributed by atoms with Crippen molar-refractivity contribution in [2.45, 2.75) is 24.7 Å². The number of hydrogen-bond acceptors (Lipinski definition) is 2. The van der Waals surface area contributed by atoms with E-state index in [1.54, 1.807) is 0 Å². The molecule has 10 aromatic rings. The number of anilines is 3. The van der Waals surface area contributed by atoms with Gasteiger partial charge in [0.1, 0.15) is 5.58 Å². The van der Waals surface area contributed by atoms with Crippen molar-refractivity contribution in [1.29, 1.82) is 0 Å². The lowest BCUT2D eigenvalue weighted by atomic mass is 9.69. The fraction of sp³-hybridized carbons (Fsp3) is 0.0690. The largest absolute Gasteiger partial charge is 0.454 e. The Kier molecular flexibility index (Phi) is 6.74. The third-order valence-corrected chi connectivity index (χ3v) is 13.9. The van der Waals surface area contributed by atoms with Gasteiger partial charge in [0.15, 0.2) is 5.58 Å². The van der Waals surface area contributed by atoms with Gasteiger partial charge in [0.25, 0.3) is 0 Å². The van der Waals surface area contributed by atoms with Crippen LogP contribution in [-0.2, 0) is 10.8 Å². The molecule has 0 bridgehead atoms. The van der Waals surface area contributed by atoms with Crippen molar-refractivity contribution in [1.82, 2.24) is 0 Å². The predicted octanol–water partition coefficient (Wildman–Crippen LogP) is 15.4. The fourth-order valence-corrected chi connectivity index (χ4v) is 11.3. The summed E-state index contributed by atoms with van der Waals surface area (Å²) in [5, 5.41) is 2.23. The minimum atomic E-state index is -0.601. The molecule has 0 saturated carbocycles. The highest BCUT2D eigenvalue weighted by Gasteiger charge is 2.54. The van der Waals surface area contributed by atoms with Crippen LogP contribution in [0.5, 0.6) is 0 Å². The summed E-state index contributed by atoms with van der Waals surface area (Å²) in [6.07, 6.45) is 0. The Balaban J connectivity index is 1.19. The normalized spacial score (nSPS) is 14.4.